The molecule has 0 saturated heterocycles. The van der Waals surface area contributed by atoms with E-state index < -0.39 is 5.97 Å². The second kappa shape index (κ2) is 6.54. The molecule has 140 valence electrons. The van der Waals surface area contributed by atoms with Crippen molar-refractivity contribution in [2.75, 3.05) is 5.32 Å². The van der Waals surface area contributed by atoms with Gasteiger partial charge in [0.2, 0.25) is 0 Å². The standard InChI is InChI=1S/C23H17Cl2NO2/c24-18-9-8-13(11-19(18)25)21-17-10-12-4-1-2-5-14(12)20(17)15-6-3-7-16(23(27)28)22(15)26-21/h1-9,11,17,20-21,26H,10H2,(H,27,28)/t17-,20-,21-/m1/s1. The van der Waals surface area contributed by atoms with Gasteiger partial charge in [-0.3, -0.25) is 0 Å². The number of benzene rings is 3. The lowest BCUT2D eigenvalue weighted by Crippen LogP contribution is -2.31. The first-order valence-corrected chi connectivity index (χ1v) is 9.95. The first-order valence-electron chi connectivity index (χ1n) is 9.20. The van der Waals surface area contributed by atoms with Gasteiger partial charge in [0.1, 0.15) is 0 Å². The predicted molar refractivity (Wildman–Crippen MR) is 112 cm³/mol. The number of rotatable bonds is 2. The van der Waals surface area contributed by atoms with Crippen LogP contribution in [0.3, 0.4) is 0 Å². The number of carboxylic acid groups (broad SMARTS) is 1. The first kappa shape index (κ1) is 17.6. The number of fused-ring (bicyclic) bond motifs is 5. The molecule has 0 fully saturated rings. The highest BCUT2D eigenvalue weighted by Gasteiger charge is 2.44. The van der Waals surface area contributed by atoms with Crippen molar-refractivity contribution < 1.29 is 9.90 Å². The van der Waals surface area contributed by atoms with Gasteiger partial charge in [0.05, 0.1) is 27.3 Å². The summed E-state index contributed by atoms with van der Waals surface area (Å²) in [6, 6.07) is 19.6. The molecule has 3 aromatic rings. The molecular formula is C23H17Cl2NO2. The Morgan fingerprint density at radius 1 is 0.964 bits per heavy atom. The van der Waals surface area contributed by atoms with Crippen LogP contribution >= 0.6 is 23.2 Å². The lowest BCUT2D eigenvalue weighted by Gasteiger charge is -2.38. The van der Waals surface area contributed by atoms with Gasteiger partial charge in [0, 0.05) is 5.92 Å². The molecule has 2 aliphatic rings. The monoisotopic (exact) mass is 409 g/mol. The summed E-state index contributed by atoms with van der Waals surface area (Å²) in [6.45, 7) is 0. The maximum Gasteiger partial charge on any atom is 0.337 e. The van der Waals surface area contributed by atoms with Crippen molar-refractivity contribution in [3.05, 3.63) is 98.5 Å². The van der Waals surface area contributed by atoms with Gasteiger partial charge in [0.25, 0.3) is 0 Å². The minimum atomic E-state index is -0.929. The molecule has 5 heteroatoms. The second-order valence-electron chi connectivity index (χ2n) is 7.41. The summed E-state index contributed by atoms with van der Waals surface area (Å²) in [5, 5.41) is 14.3. The molecule has 0 aromatic heterocycles. The molecule has 1 heterocycles. The van der Waals surface area contributed by atoms with Crippen LogP contribution in [-0.4, -0.2) is 11.1 Å². The summed E-state index contributed by atoms with van der Waals surface area (Å²) in [6.07, 6.45) is 0.926. The van der Waals surface area contributed by atoms with Gasteiger partial charge in [-0.25, -0.2) is 4.79 Å². The Labute approximate surface area is 172 Å². The Morgan fingerprint density at radius 2 is 1.75 bits per heavy atom. The van der Waals surface area contributed by atoms with Gasteiger partial charge in [-0.2, -0.15) is 0 Å². The number of aromatic carboxylic acids is 1. The smallest absolute Gasteiger partial charge is 0.337 e. The third-order valence-electron chi connectivity index (χ3n) is 5.97. The zero-order valence-corrected chi connectivity index (χ0v) is 16.3. The van der Waals surface area contributed by atoms with E-state index in [0.717, 1.165) is 17.5 Å². The van der Waals surface area contributed by atoms with Crippen LogP contribution in [0, 0.1) is 5.92 Å². The van der Waals surface area contributed by atoms with Crippen molar-refractivity contribution in [2.24, 2.45) is 5.92 Å². The number of hydrogen-bond acceptors (Lipinski definition) is 2. The first-order chi connectivity index (χ1) is 13.5. The molecule has 1 aliphatic carbocycles. The number of carboxylic acids is 1. The molecule has 0 unspecified atom stereocenters. The molecule has 0 bridgehead atoms. The molecule has 0 radical (unpaired) electrons. The van der Waals surface area contributed by atoms with E-state index in [1.165, 1.54) is 11.1 Å². The minimum Gasteiger partial charge on any atom is -0.478 e. The molecule has 3 nitrogen and oxygen atoms in total. The highest BCUT2D eigenvalue weighted by molar-refractivity contribution is 6.42. The Morgan fingerprint density at radius 3 is 2.54 bits per heavy atom. The van der Waals surface area contributed by atoms with Gasteiger partial charge >= 0.3 is 5.97 Å². The van der Waals surface area contributed by atoms with Crippen molar-refractivity contribution in [2.45, 2.75) is 18.4 Å². The van der Waals surface area contributed by atoms with Crippen molar-refractivity contribution in [3.8, 4) is 0 Å². The highest BCUT2D eigenvalue weighted by Crippen LogP contribution is 2.54. The van der Waals surface area contributed by atoms with Crippen molar-refractivity contribution >= 4 is 34.9 Å². The average Bonchev–Trinajstić information content (AvgIpc) is 3.09. The highest BCUT2D eigenvalue weighted by atomic mass is 35.5. The normalized spacial score (nSPS) is 22.0. The molecule has 0 saturated carbocycles. The van der Waals surface area contributed by atoms with Crippen LogP contribution in [0.4, 0.5) is 5.69 Å². The Kier molecular flexibility index (Phi) is 4.11. The van der Waals surface area contributed by atoms with Gasteiger partial charge in [0.15, 0.2) is 0 Å². The number of hydrogen-bond donors (Lipinski definition) is 2. The van der Waals surface area contributed by atoms with Gasteiger partial charge in [-0.05, 0) is 52.8 Å². The topological polar surface area (TPSA) is 49.3 Å². The van der Waals surface area contributed by atoms with E-state index in [1.807, 2.05) is 24.3 Å². The molecule has 0 spiro atoms. The molecule has 3 aromatic carbocycles. The zero-order valence-electron chi connectivity index (χ0n) is 14.8. The van der Waals surface area contributed by atoms with E-state index in [0.29, 0.717) is 21.3 Å². The number of halogens is 2. The fourth-order valence-corrected chi connectivity index (χ4v) is 5.11. The van der Waals surface area contributed by atoms with Crippen LogP contribution in [0.1, 0.15) is 44.6 Å². The van der Waals surface area contributed by atoms with E-state index in [2.05, 4.69) is 29.6 Å². The summed E-state index contributed by atoms with van der Waals surface area (Å²) < 4.78 is 0. The number of para-hydroxylation sites is 1. The number of anilines is 1. The molecule has 0 amide bonds. The third kappa shape index (κ3) is 2.61. The van der Waals surface area contributed by atoms with Crippen molar-refractivity contribution in [1.29, 1.82) is 0 Å². The van der Waals surface area contributed by atoms with E-state index in [-0.39, 0.29) is 17.9 Å². The molecule has 2 N–H and O–H groups in total. The van der Waals surface area contributed by atoms with E-state index in [9.17, 15) is 9.90 Å². The second-order valence-corrected chi connectivity index (χ2v) is 8.23. The van der Waals surface area contributed by atoms with Crippen molar-refractivity contribution in [1.82, 2.24) is 0 Å². The minimum absolute atomic E-state index is 0.0554. The summed E-state index contributed by atoms with van der Waals surface area (Å²) >= 11 is 12.4. The van der Waals surface area contributed by atoms with Crippen LogP contribution in [-0.2, 0) is 6.42 Å². The molecular weight excluding hydrogens is 393 g/mol. The summed E-state index contributed by atoms with van der Waals surface area (Å²) in [7, 11) is 0. The van der Waals surface area contributed by atoms with Crippen LogP contribution in [0.25, 0.3) is 0 Å². The lowest BCUT2D eigenvalue weighted by atomic mass is 9.75. The van der Waals surface area contributed by atoms with E-state index in [4.69, 9.17) is 23.2 Å². The predicted octanol–water partition coefficient (Wildman–Crippen LogP) is 6.16. The zero-order chi connectivity index (χ0) is 19.4. The Balaban J connectivity index is 1.72. The molecule has 5 rings (SSSR count). The fourth-order valence-electron chi connectivity index (χ4n) is 4.80. The Hall–Kier alpha value is -2.49. The summed E-state index contributed by atoms with van der Waals surface area (Å²) in [4.78, 5) is 11.9. The maximum atomic E-state index is 11.9. The average molecular weight is 410 g/mol. The summed E-state index contributed by atoms with van der Waals surface area (Å²) in [5.74, 6) is -0.514. The fraction of sp³-hybridized carbons (Fsp3) is 0.174. The van der Waals surface area contributed by atoms with E-state index in [1.54, 1.807) is 12.1 Å². The number of nitrogens with one attached hydrogen (secondary N) is 1. The molecule has 1 aliphatic heterocycles. The van der Waals surface area contributed by atoms with Crippen LogP contribution < -0.4 is 5.32 Å². The quantitative estimate of drug-likeness (QED) is 0.532. The van der Waals surface area contributed by atoms with Crippen molar-refractivity contribution in [3.63, 3.8) is 0 Å². The largest absolute Gasteiger partial charge is 0.478 e. The van der Waals surface area contributed by atoms with Crippen LogP contribution in [0.2, 0.25) is 10.0 Å². The van der Waals surface area contributed by atoms with Gasteiger partial charge < -0.3 is 10.4 Å². The van der Waals surface area contributed by atoms with Gasteiger partial charge in [-0.1, -0.05) is 65.7 Å². The molecule has 28 heavy (non-hydrogen) atoms. The Bertz CT molecular complexity index is 1110. The van der Waals surface area contributed by atoms with Crippen LogP contribution in [0.5, 0.6) is 0 Å². The SMILES string of the molecule is O=C(O)c1cccc2c1N[C@H](c1ccc(Cl)c(Cl)c1)[C@@H]1Cc3ccccc3[C@H]21. The summed E-state index contributed by atoms with van der Waals surface area (Å²) in [5.41, 5.74) is 5.66. The molecule has 3 atom stereocenters. The lowest BCUT2D eigenvalue weighted by molar-refractivity contribution is 0.0697. The van der Waals surface area contributed by atoms with Crippen LogP contribution in [0.15, 0.2) is 60.7 Å². The van der Waals surface area contributed by atoms with Gasteiger partial charge in [-0.15, -0.1) is 0 Å². The third-order valence-corrected chi connectivity index (χ3v) is 6.71. The number of carbonyl (C=O) groups is 1. The van der Waals surface area contributed by atoms with E-state index >= 15 is 0 Å². The maximum absolute atomic E-state index is 11.9.